The van der Waals surface area contributed by atoms with Gasteiger partial charge in [-0.25, -0.2) is 0 Å². The fourth-order valence-corrected chi connectivity index (χ4v) is 3.31. The molecule has 2 nitrogen and oxygen atoms in total. The molecule has 0 amide bonds. The first-order valence-corrected chi connectivity index (χ1v) is 6.83. The van der Waals surface area contributed by atoms with E-state index in [-0.39, 0.29) is 0 Å². The predicted molar refractivity (Wildman–Crippen MR) is 71.6 cm³/mol. The van der Waals surface area contributed by atoms with Gasteiger partial charge in [-0.1, -0.05) is 17.7 Å². The van der Waals surface area contributed by atoms with Gasteiger partial charge in [0.1, 0.15) is 0 Å². The monoisotopic (exact) mass is 250 g/mol. The molecular formula is C14H19ClN2. The highest BCUT2D eigenvalue weighted by molar-refractivity contribution is 6.30. The smallest absolute Gasteiger partial charge is 0.0408 e. The number of fused-ring (bicyclic) bond motifs is 1. The molecule has 3 heteroatoms. The maximum atomic E-state index is 6.03. The summed E-state index contributed by atoms with van der Waals surface area (Å²) in [7, 11) is 2.20. The van der Waals surface area contributed by atoms with Gasteiger partial charge in [0, 0.05) is 23.7 Å². The standard InChI is InChI=1S/C14H19ClN2/c1-17-7-6-12(9-17)16-14-5-2-10-8-11(15)3-4-13(10)14/h3-4,8,12,14,16H,2,5-7,9H2,1H3. The van der Waals surface area contributed by atoms with E-state index in [1.165, 1.54) is 37.1 Å². The van der Waals surface area contributed by atoms with Crippen LogP contribution in [0, 0.1) is 0 Å². The number of nitrogens with one attached hydrogen (secondary N) is 1. The Labute approximate surface area is 108 Å². The van der Waals surface area contributed by atoms with Crippen LogP contribution in [-0.2, 0) is 6.42 Å². The molecule has 1 saturated heterocycles. The lowest BCUT2D eigenvalue weighted by atomic mass is 10.1. The predicted octanol–water partition coefficient (Wildman–Crippen LogP) is 2.62. The molecule has 2 aliphatic rings. The van der Waals surface area contributed by atoms with Crippen molar-refractivity contribution in [2.24, 2.45) is 0 Å². The summed E-state index contributed by atoms with van der Waals surface area (Å²) in [5.41, 5.74) is 2.89. The van der Waals surface area contributed by atoms with E-state index in [0.29, 0.717) is 12.1 Å². The number of hydrogen-bond donors (Lipinski definition) is 1. The normalized spacial score (nSPS) is 28.6. The first-order chi connectivity index (χ1) is 8.22. The molecule has 0 radical (unpaired) electrons. The van der Waals surface area contributed by atoms with E-state index in [0.717, 1.165) is 11.4 Å². The molecule has 1 fully saturated rings. The van der Waals surface area contributed by atoms with Gasteiger partial charge in [0.15, 0.2) is 0 Å². The van der Waals surface area contributed by atoms with Gasteiger partial charge in [-0.05, 0) is 56.1 Å². The fraction of sp³-hybridized carbons (Fsp3) is 0.571. The maximum absolute atomic E-state index is 6.03. The SMILES string of the molecule is CN1CCC(NC2CCc3cc(Cl)ccc32)C1. The Morgan fingerprint density at radius 1 is 1.35 bits per heavy atom. The Morgan fingerprint density at radius 2 is 2.24 bits per heavy atom. The zero-order chi connectivity index (χ0) is 11.8. The Hall–Kier alpha value is -0.570. The van der Waals surface area contributed by atoms with E-state index < -0.39 is 0 Å². The zero-order valence-corrected chi connectivity index (χ0v) is 11.0. The van der Waals surface area contributed by atoms with Gasteiger partial charge in [-0.3, -0.25) is 0 Å². The molecule has 0 bridgehead atoms. The minimum atomic E-state index is 0.541. The number of aryl methyl sites for hydroxylation is 1. The number of benzene rings is 1. The molecule has 1 aliphatic heterocycles. The van der Waals surface area contributed by atoms with E-state index in [9.17, 15) is 0 Å². The van der Waals surface area contributed by atoms with Gasteiger partial charge in [0.25, 0.3) is 0 Å². The minimum Gasteiger partial charge on any atom is -0.306 e. The van der Waals surface area contributed by atoms with E-state index in [1.54, 1.807) is 0 Å². The molecule has 2 unspecified atom stereocenters. The average molecular weight is 251 g/mol. The summed E-state index contributed by atoms with van der Waals surface area (Å²) in [5, 5.41) is 4.66. The van der Waals surface area contributed by atoms with Crippen molar-refractivity contribution in [3.8, 4) is 0 Å². The van der Waals surface area contributed by atoms with E-state index in [2.05, 4.69) is 29.4 Å². The molecule has 0 aromatic heterocycles. The Morgan fingerprint density at radius 3 is 3.00 bits per heavy atom. The van der Waals surface area contributed by atoms with Crippen LogP contribution in [0.15, 0.2) is 18.2 Å². The molecule has 2 atom stereocenters. The molecule has 17 heavy (non-hydrogen) atoms. The number of halogens is 1. The molecule has 3 rings (SSSR count). The van der Waals surface area contributed by atoms with Gasteiger partial charge < -0.3 is 10.2 Å². The summed E-state index contributed by atoms with van der Waals surface area (Å²) >= 11 is 6.03. The van der Waals surface area contributed by atoms with E-state index >= 15 is 0 Å². The van der Waals surface area contributed by atoms with Crippen LogP contribution in [0.5, 0.6) is 0 Å². The van der Waals surface area contributed by atoms with E-state index in [4.69, 9.17) is 11.6 Å². The highest BCUT2D eigenvalue weighted by Gasteiger charge is 2.27. The largest absolute Gasteiger partial charge is 0.306 e. The third kappa shape index (κ3) is 2.35. The second kappa shape index (κ2) is 4.60. The lowest BCUT2D eigenvalue weighted by molar-refractivity contribution is 0.381. The van der Waals surface area contributed by atoms with Crippen LogP contribution in [0.2, 0.25) is 5.02 Å². The molecule has 1 aromatic carbocycles. The molecule has 1 aliphatic carbocycles. The van der Waals surface area contributed by atoms with Crippen LogP contribution >= 0.6 is 11.6 Å². The topological polar surface area (TPSA) is 15.3 Å². The third-order valence-electron chi connectivity index (χ3n) is 4.01. The Balaban J connectivity index is 1.71. The van der Waals surface area contributed by atoms with Crippen molar-refractivity contribution in [2.45, 2.75) is 31.3 Å². The first-order valence-electron chi connectivity index (χ1n) is 6.45. The van der Waals surface area contributed by atoms with E-state index in [1.807, 2.05) is 6.07 Å². The summed E-state index contributed by atoms with van der Waals surface area (Å²) in [6.45, 7) is 2.40. The van der Waals surface area contributed by atoms with Crippen LogP contribution in [0.1, 0.15) is 30.0 Å². The van der Waals surface area contributed by atoms with Crippen molar-refractivity contribution < 1.29 is 0 Å². The lowest BCUT2D eigenvalue weighted by Crippen LogP contribution is -2.33. The summed E-state index contributed by atoms with van der Waals surface area (Å²) in [6.07, 6.45) is 3.65. The van der Waals surface area contributed by atoms with Gasteiger partial charge in [0.05, 0.1) is 0 Å². The third-order valence-corrected chi connectivity index (χ3v) is 4.25. The number of hydrogen-bond acceptors (Lipinski definition) is 2. The number of likely N-dealkylation sites (tertiary alicyclic amines) is 1. The lowest BCUT2D eigenvalue weighted by Gasteiger charge is -2.19. The second-order valence-corrected chi connectivity index (χ2v) is 5.79. The highest BCUT2D eigenvalue weighted by Crippen LogP contribution is 2.33. The maximum Gasteiger partial charge on any atom is 0.0408 e. The summed E-state index contributed by atoms with van der Waals surface area (Å²) in [4.78, 5) is 2.40. The first kappa shape index (κ1) is 11.5. The number of nitrogens with zero attached hydrogens (tertiary/aromatic N) is 1. The van der Waals surface area contributed by atoms with Gasteiger partial charge in [0.2, 0.25) is 0 Å². The second-order valence-electron chi connectivity index (χ2n) is 5.35. The zero-order valence-electron chi connectivity index (χ0n) is 10.2. The van der Waals surface area contributed by atoms with Crippen molar-refractivity contribution in [3.05, 3.63) is 34.3 Å². The quantitative estimate of drug-likeness (QED) is 0.868. The molecule has 0 spiro atoms. The van der Waals surface area contributed by atoms with Gasteiger partial charge in [-0.2, -0.15) is 0 Å². The molecule has 92 valence electrons. The van der Waals surface area contributed by atoms with Crippen LogP contribution in [0.4, 0.5) is 0 Å². The number of likely N-dealkylation sites (N-methyl/N-ethyl adjacent to an activating group) is 1. The van der Waals surface area contributed by atoms with Crippen LogP contribution < -0.4 is 5.32 Å². The summed E-state index contributed by atoms with van der Waals surface area (Å²) < 4.78 is 0. The summed E-state index contributed by atoms with van der Waals surface area (Å²) in [5.74, 6) is 0. The van der Waals surface area contributed by atoms with Crippen LogP contribution in [-0.4, -0.2) is 31.1 Å². The van der Waals surface area contributed by atoms with Crippen molar-refractivity contribution in [3.63, 3.8) is 0 Å². The highest BCUT2D eigenvalue weighted by atomic mass is 35.5. The Bertz CT molecular complexity index is 419. The minimum absolute atomic E-state index is 0.541. The van der Waals surface area contributed by atoms with Crippen LogP contribution in [0.3, 0.4) is 0 Å². The average Bonchev–Trinajstić information content (AvgIpc) is 2.86. The molecule has 1 heterocycles. The molecular weight excluding hydrogens is 232 g/mol. The van der Waals surface area contributed by atoms with Crippen LogP contribution in [0.25, 0.3) is 0 Å². The molecule has 1 N–H and O–H groups in total. The van der Waals surface area contributed by atoms with Gasteiger partial charge in [-0.15, -0.1) is 0 Å². The number of rotatable bonds is 2. The van der Waals surface area contributed by atoms with Crippen molar-refractivity contribution in [2.75, 3.05) is 20.1 Å². The molecule has 1 aromatic rings. The van der Waals surface area contributed by atoms with Gasteiger partial charge >= 0.3 is 0 Å². The van der Waals surface area contributed by atoms with Crippen molar-refractivity contribution in [1.29, 1.82) is 0 Å². The fourth-order valence-electron chi connectivity index (χ4n) is 3.11. The van der Waals surface area contributed by atoms with Crippen molar-refractivity contribution >= 4 is 11.6 Å². The van der Waals surface area contributed by atoms with Crippen molar-refractivity contribution in [1.82, 2.24) is 10.2 Å². The Kier molecular flexibility index (Phi) is 3.12. The summed E-state index contributed by atoms with van der Waals surface area (Å²) in [6, 6.07) is 7.53. The molecule has 0 saturated carbocycles.